The average Bonchev–Trinajstić information content (AvgIpc) is 2.48. The van der Waals surface area contributed by atoms with E-state index in [9.17, 15) is 0 Å². The Morgan fingerprint density at radius 2 is 1.20 bits per heavy atom. The van der Waals surface area contributed by atoms with Crippen molar-refractivity contribution < 1.29 is 9.47 Å². The Morgan fingerprint density at radius 3 is 1.60 bits per heavy atom. The van der Waals surface area contributed by atoms with E-state index >= 15 is 0 Å². The molecule has 0 unspecified atom stereocenters. The Labute approximate surface area is 130 Å². The van der Waals surface area contributed by atoms with Gasteiger partial charge in [0.15, 0.2) is 11.5 Å². The van der Waals surface area contributed by atoms with Gasteiger partial charge in [0.2, 0.25) is 0 Å². The number of benzene rings is 1. The summed E-state index contributed by atoms with van der Waals surface area (Å²) in [7, 11) is 0. The fourth-order valence-corrected chi connectivity index (χ4v) is 1.81. The lowest BCUT2D eigenvalue weighted by Gasteiger charge is -2.13. The molecule has 0 atom stereocenters. The highest BCUT2D eigenvalue weighted by atomic mass is 35.5. The van der Waals surface area contributed by atoms with Crippen LogP contribution >= 0.6 is 23.2 Å². The van der Waals surface area contributed by atoms with E-state index in [1.54, 1.807) is 0 Å². The molecule has 0 spiro atoms. The molecule has 4 nitrogen and oxygen atoms in total. The maximum Gasteiger partial charge on any atom is 0.161 e. The smallest absolute Gasteiger partial charge is 0.161 e. The number of nitrogens with one attached hydrogen (secondary N) is 2. The van der Waals surface area contributed by atoms with Crippen LogP contribution in [-0.4, -0.2) is 51.2 Å². The van der Waals surface area contributed by atoms with Gasteiger partial charge in [-0.1, -0.05) is 12.1 Å². The van der Waals surface area contributed by atoms with Crippen LogP contribution in [0.4, 0.5) is 0 Å². The van der Waals surface area contributed by atoms with Gasteiger partial charge in [-0.05, 0) is 12.1 Å². The molecule has 0 aliphatic carbocycles. The van der Waals surface area contributed by atoms with Crippen LogP contribution < -0.4 is 20.1 Å². The molecule has 6 heteroatoms. The lowest BCUT2D eigenvalue weighted by molar-refractivity contribution is 0.268. The number of halogens is 2. The van der Waals surface area contributed by atoms with Crippen molar-refractivity contribution in [3.8, 4) is 11.5 Å². The topological polar surface area (TPSA) is 42.5 Å². The first-order valence-corrected chi connectivity index (χ1v) is 7.83. The van der Waals surface area contributed by atoms with Crippen LogP contribution in [0.5, 0.6) is 11.5 Å². The Balaban J connectivity index is 2.27. The van der Waals surface area contributed by atoms with Gasteiger partial charge < -0.3 is 20.1 Å². The average molecular weight is 321 g/mol. The molecule has 0 heterocycles. The molecule has 20 heavy (non-hydrogen) atoms. The molecule has 0 amide bonds. The van der Waals surface area contributed by atoms with Gasteiger partial charge in [0.1, 0.15) is 13.2 Å². The van der Waals surface area contributed by atoms with E-state index in [1.807, 2.05) is 24.3 Å². The van der Waals surface area contributed by atoms with Gasteiger partial charge in [-0.15, -0.1) is 23.2 Å². The number of para-hydroxylation sites is 2. The van der Waals surface area contributed by atoms with Crippen molar-refractivity contribution in [3.05, 3.63) is 24.3 Å². The summed E-state index contributed by atoms with van der Waals surface area (Å²) in [6, 6.07) is 7.67. The largest absolute Gasteiger partial charge is 0.488 e. The third-order valence-corrected chi connectivity index (χ3v) is 2.84. The summed E-state index contributed by atoms with van der Waals surface area (Å²) in [5.41, 5.74) is 0. The van der Waals surface area contributed by atoms with Crippen molar-refractivity contribution in [1.82, 2.24) is 10.6 Å². The molecule has 2 N–H and O–H groups in total. The first-order valence-electron chi connectivity index (χ1n) is 6.76. The summed E-state index contributed by atoms with van der Waals surface area (Å²) in [5.74, 6) is 2.74. The van der Waals surface area contributed by atoms with Crippen LogP contribution in [0, 0.1) is 0 Å². The molecule has 114 valence electrons. The normalized spacial score (nSPS) is 10.5. The molecule has 1 rings (SSSR count). The summed E-state index contributed by atoms with van der Waals surface area (Å²) in [4.78, 5) is 0. The molecule has 1 aromatic rings. The van der Waals surface area contributed by atoms with E-state index in [-0.39, 0.29) is 0 Å². The van der Waals surface area contributed by atoms with E-state index in [1.165, 1.54) is 0 Å². The van der Waals surface area contributed by atoms with E-state index in [0.717, 1.165) is 37.7 Å². The zero-order valence-electron chi connectivity index (χ0n) is 11.5. The third-order valence-electron chi connectivity index (χ3n) is 2.46. The predicted octanol–water partition coefficient (Wildman–Crippen LogP) is 2.10. The maximum absolute atomic E-state index is 5.69. The standard InChI is InChI=1S/C14H22Cl2N2O2/c15-5-7-17-9-11-19-13-3-1-2-4-14(13)20-12-10-18-8-6-16/h1-4,17-18H,5-12H2. The lowest BCUT2D eigenvalue weighted by Crippen LogP contribution is -2.24. The van der Waals surface area contributed by atoms with Crippen molar-refractivity contribution in [2.75, 3.05) is 51.2 Å². The van der Waals surface area contributed by atoms with Crippen molar-refractivity contribution in [2.24, 2.45) is 0 Å². The zero-order chi connectivity index (χ0) is 14.5. The minimum absolute atomic E-state index is 0.585. The van der Waals surface area contributed by atoms with Crippen molar-refractivity contribution >= 4 is 23.2 Å². The maximum atomic E-state index is 5.69. The van der Waals surface area contributed by atoms with E-state index in [0.29, 0.717) is 25.0 Å². The second-order valence-corrected chi connectivity index (χ2v) is 4.78. The first-order chi connectivity index (χ1) is 9.88. The quantitative estimate of drug-likeness (QED) is 0.457. The van der Waals surface area contributed by atoms with Crippen LogP contribution in [0.1, 0.15) is 0 Å². The molecule has 1 aromatic carbocycles. The van der Waals surface area contributed by atoms with E-state index < -0.39 is 0 Å². The van der Waals surface area contributed by atoms with Gasteiger partial charge in [-0.25, -0.2) is 0 Å². The van der Waals surface area contributed by atoms with Crippen molar-refractivity contribution in [2.45, 2.75) is 0 Å². The molecule has 0 aromatic heterocycles. The minimum Gasteiger partial charge on any atom is -0.488 e. The highest BCUT2D eigenvalue weighted by Gasteiger charge is 2.03. The molecule has 0 aliphatic rings. The lowest BCUT2D eigenvalue weighted by atomic mass is 10.3. The van der Waals surface area contributed by atoms with Crippen LogP contribution in [0.25, 0.3) is 0 Å². The second kappa shape index (κ2) is 12.1. The fraction of sp³-hybridized carbons (Fsp3) is 0.571. The molecular weight excluding hydrogens is 299 g/mol. The van der Waals surface area contributed by atoms with Gasteiger partial charge in [0.25, 0.3) is 0 Å². The number of ether oxygens (including phenoxy) is 2. The third kappa shape index (κ3) is 7.80. The number of hydrogen-bond acceptors (Lipinski definition) is 4. The van der Waals surface area contributed by atoms with E-state index in [4.69, 9.17) is 32.7 Å². The Kier molecular flexibility index (Phi) is 10.5. The molecule has 0 radical (unpaired) electrons. The SMILES string of the molecule is ClCCNCCOc1ccccc1OCCNCCCl. The predicted molar refractivity (Wildman–Crippen MR) is 84.6 cm³/mol. The summed E-state index contributed by atoms with van der Waals surface area (Å²) < 4.78 is 11.4. The highest BCUT2D eigenvalue weighted by molar-refractivity contribution is 6.18. The van der Waals surface area contributed by atoms with Crippen LogP contribution in [0.2, 0.25) is 0 Å². The monoisotopic (exact) mass is 320 g/mol. The second-order valence-electron chi connectivity index (χ2n) is 4.02. The molecular formula is C14H22Cl2N2O2. The Morgan fingerprint density at radius 1 is 0.750 bits per heavy atom. The fourth-order valence-electron chi connectivity index (χ4n) is 1.54. The van der Waals surface area contributed by atoms with E-state index in [2.05, 4.69) is 10.6 Å². The van der Waals surface area contributed by atoms with Gasteiger partial charge in [-0.3, -0.25) is 0 Å². The van der Waals surface area contributed by atoms with Gasteiger partial charge in [-0.2, -0.15) is 0 Å². The number of rotatable bonds is 12. The van der Waals surface area contributed by atoms with Gasteiger partial charge >= 0.3 is 0 Å². The number of alkyl halides is 2. The van der Waals surface area contributed by atoms with Crippen molar-refractivity contribution in [3.63, 3.8) is 0 Å². The molecule has 0 saturated heterocycles. The van der Waals surface area contributed by atoms with Crippen LogP contribution in [-0.2, 0) is 0 Å². The van der Waals surface area contributed by atoms with Crippen LogP contribution in [0.3, 0.4) is 0 Å². The highest BCUT2D eigenvalue weighted by Crippen LogP contribution is 2.25. The van der Waals surface area contributed by atoms with Crippen molar-refractivity contribution in [1.29, 1.82) is 0 Å². The molecule has 0 bridgehead atoms. The summed E-state index contributed by atoms with van der Waals surface area (Å²) in [6.45, 7) is 4.27. The first kappa shape index (κ1) is 17.4. The van der Waals surface area contributed by atoms with Gasteiger partial charge in [0, 0.05) is 37.9 Å². The number of hydrogen-bond donors (Lipinski definition) is 2. The Bertz CT molecular complexity index is 321. The summed E-state index contributed by atoms with van der Waals surface area (Å²) >= 11 is 11.2. The molecule has 0 fully saturated rings. The summed E-state index contributed by atoms with van der Waals surface area (Å²) in [6.07, 6.45) is 0. The summed E-state index contributed by atoms with van der Waals surface area (Å²) in [5, 5.41) is 6.34. The Hall–Kier alpha value is -0.680. The van der Waals surface area contributed by atoms with Gasteiger partial charge in [0.05, 0.1) is 0 Å². The molecule has 0 saturated carbocycles. The minimum atomic E-state index is 0.585. The zero-order valence-corrected chi connectivity index (χ0v) is 13.1. The van der Waals surface area contributed by atoms with Crippen LogP contribution in [0.15, 0.2) is 24.3 Å². The molecule has 0 aliphatic heterocycles.